The molecule has 0 amide bonds. The Morgan fingerprint density at radius 1 is 0.769 bits per heavy atom. The molecule has 1 saturated carbocycles. The number of hydrogen-bond acceptors (Lipinski definition) is 0. The summed E-state index contributed by atoms with van der Waals surface area (Å²) in [7, 11) is 0. The van der Waals surface area contributed by atoms with Crippen LogP contribution in [0.2, 0.25) is 0 Å². The zero-order valence-electron chi connectivity index (χ0n) is 8.00. The first-order valence-electron chi connectivity index (χ1n) is 5.39. The lowest BCUT2D eigenvalue weighted by molar-refractivity contribution is 0.173. The van der Waals surface area contributed by atoms with Crippen LogP contribution in [0.25, 0.3) is 0 Å². The van der Waals surface area contributed by atoms with Crippen molar-refractivity contribution in [1.29, 1.82) is 0 Å². The average molecular weight is 172 g/mol. The van der Waals surface area contributed by atoms with E-state index in [9.17, 15) is 0 Å². The smallest absolute Gasteiger partial charge is 0.00133 e. The third kappa shape index (κ3) is 0.815. The van der Waals surface area contributed by atoms with E-state index in [-0.39, 0.29) is 0 Å². The van der Waals surface area contributed by atoms with E-state index in [1.165, 1.54) is 32.1 Å². The third-order valence-electron chi connectivity index (χ3n) is 4.31. The van der Waals surface area contributed by atoms with E-state index in [1.807, 2.05) is 0 Å². The summed E-state index contributed by atoms with van der Waals surface area (Å²) in [5.74, 6) is 0. The molecule has 0 radical (unpaired) electrons. The molecular formula is C13H16. The van der Waals surface area contributed by atoms with Crippen LogP contribution in [0.3, 0.4) is 0 Å². The molecule has 0 N–H and O–H groups in total. The van der Waals surface area contributed by atoms with Crippen molar-refractivity contribution in [2.24, 2.45) is 10.8 Å². The summed E-state index contributed by atoms with van der Waals surface area (Å²) in [6.07, 6.45) is 21.0. The maximum Gasteiger partial charge on any atom is 0.00133 e. The van der Waals surface area contributed by atoms with E-state index < -0.39 is 0 Å². The summed E-state index contributed by atoms with van der Waals surface area (Å²) >= 11 is 0. The molecular weight excluding hydrogens is 156 g/mol. The number of rotatable bonds is 0. The Labute approximate surface area is 80.0 Å². The maximum absolute atomic E-state index is 2.48. The lowest BCUT2D eigenvalue weighted by Gasteiger charge is -2.45. The highest BCUT2D eigenvalue weighted by molar-refractivity contribution is 5.31. The van der Waals surface area contributed by atoms with Crippen molar-refractivity contribution < 1.29 is 0 Å². The largest absolute Gasteiger partial charge is 0.0876 e. The van der Waals surface area contributed by atoms with Gasteiger partial charge in [-0.25, -0.2) is 0 Å². The van der Waals surface area contributed by atoms with Crippen LogP contribution in [0.5, 0.6) is 0 Å². The lowest BCUT2D eigenvalue weighted by atomic mass is 9.58. The number of hydrogen-bond donors (Lipinski definition) is 0. The summed E-state index contributed by atoms with van der Waals surface area (Å²) in [6.45, 7) is 0. The molecule has 0 nitrogen and oxygen atoms in total. The van der Waals surface area contributed by atoms with E-state index in [2.05, 4.69) is 36.5 Å². The molecule has 2 unspecified atom stereocenters. The Balaban J connectivity index is 2.14. The van der Waals surface area contributed by atoms with Gasteiger partial charge in [0.1, 0.15) is 0 Å². The lowest BCUT2D eigenvalue weighted by Crippen LogP contribution is -2.36. The third-order valence-corrected chi connectivity index (χ3v) is 4.31. The van der Waals surface area contributed by atoms with Gasteiger partial charge in [-0.2, -0.15) is 0 Å². The fourth-order valence-electron chi connectivity index (χ4n) is 3.53. The van der Waals surface area contributed by atoms with E-state index in [0.29, 0.717) is 10.8 Å². The molecule has 0 heteroatoms. The molecule has 2 atom stereocenters. The minimum atomic E-state index is 0.510. The van der Waals surface area contributed by atoms with Crippen LogP contribution in [-0.2, 0) is 0 Å². The van der Waals surface area contributed by atoms with Crippen molar-refractivity contribution in [3.05, 3.63) is 36.5 Å². The summed E-state index contributed by atoms with van der Waals surface area (Å²) in [6, 6.07) is 0. The molecule has 0 heterocycles. The van der Waals surface area contributed by atoms with E-state index in [4.69, 9.17) is 0 Å². The quantitative estimate of drug-likeness (QED) is 0.489. The van der Waals surface area contributed by atoms with Crippen molar-refractivity contribution in [3.8, 4) is 0 Å². The number of allylic oxidation sites excluding steroid dienone is 6. The predicted molar refractivity (Wildman–Crippen MR) is 55.4 cm³/mol. The maximum atomic E-state index is 2.48. The van der Waals surface area contributed by atoms with Gasteiger partial charge >= 0.3 is 0 Å². The van der Waals surface area contributed by atoms with Crippen molar-refractivity contribution in [2.45, 2.75) is 32.1 Å². The average Bonchev–Trinajstić information content (AvgIpc) is 2.56. The Morgan fingerprint density at radius 2 is 1.31 bits per heavy atom. The highest BCUT2D eigenvalue weighted by atomic mass is 14.5. The highest BCUT2D eigenvalue weighted by Gasteiger charge is 2.51. The molecule has 0 bridgehead atoms. The first-order chi connectivity index (χ1) is 6.37. The molecule has 0 aromatic carbocycles. The minimum Gasteiger partial charge on any atom is -0.0876 e. The second kappa shape index (κ2) is 2.37. The zero-order valence-corrected chi connectivity index (χ0v) is 8.00. The van der Waals surface area contributed by atoms with Crippen LogP contribution in [0, 0.1) is 10.8 Å². The van der Waals surface area contributed by atoms with E-state index >= 15 is 0 Å². The summed E-state index contributed by atoms with van der Waals surface area (Å²) < 4.78 is 0. The van der Waals surface area contributed by atoms with Gasteiger partial charge < -0.3 is 0 Å². The molecule has 3 aliphatic carbocycles. The van der Waals surface area contributed by atoms with Crippen LogP contribution in [0.4, 0.5) is 0 Å². The topological polar surface area (TPSA) is 0 Å². The second-order valence-electron chi connectivity index (χ2n) is 4.76. The van der Waals surface area contributed by atoms with Gasteiger partial charge in [-0.05, 0) is 25.7 Å². The molecule has 68 valence electrons. The van der Waals surface area contributed by atoms with Crippen molar-refractivity contribution in [1.82, 2.24) is 0 Å². The summed E-state index contributed by atoms with van der Waals surface area (Å²) in [5.41, 5.74) is 1.02. The molecule has 1 fully saturated rings. The van der Waals surface area contributed by atoms with E-state index in [0.717, 1.165) is 0 Å². The fourth-order valence-corrected chi connectivity index (χ4v) is 3.53. The normalized spacial score (nSPS) is 46.2. The fraction of sp³-hybridized carbons (Fsp3) is 0.538. The molecule has 3 rings (SSSR count). The monoisotopic (exact) mass is 172 g/mol. The first kappa shape index (κ1) is 7.61. The zero-order chi connectivity index (χ0) is 8.78. The molecule has 0 aromatic heterocycles. The standard InChI is InChI=1S/C13H16/c1-2-7-13-9-4-3-8-12(13,6-1)10-5-11-13/h1-4,6-7H,5,8-11H2. The first-order valence-corrected chi connectivity index (χ1v) is 5.39. The molecule has 3 aliphatic rings. The van der Waals surface area contributed by atoms with Gasteiger partial charge in [0.2, 0.25) is 0 Å². The molecule has 0 spiro atoms. The predicted octanol–water partition coefficient (Wildman–Crippen LogP) is 3.62. The second-order valence-corrected chi connectivity index (χ2v) is 4.76. The van der Waals surface area contributed by atoms with Crippen LogP contribution in [0.1, 0.15) is 32.1 Å². The van der Waals surface area contributed by atoms with Gasteiger partial charge in [0.25, 0.3) is 0 Å². The highest BCUT2D eigenvalue weighted by Crippen LogP contribution is 2.62. The molecule has 0 aromatic rings. The molecule has 0 aliphatic heterocycles. The molecule has 13 heavy (non-hydrogen) atoms. The SMILES string of the molecule is C1=CC23CC=CCC2(C=C1)CCC3. The van der Waals surface area contributed by atoms with Gasteiger partial charge in [-0.15, -0.1) is 0 Å². The van der Waals surface area contributed by atoms with Gasteiger partial charge in [0.15, 0.2) is 0 Å². The van der Waals surface area contributed by atoms with Crippen LogP contribution < -0.4 is 0 Å². The summed E-state index contributed by atoms with van der Waals surface area (Å²) in [5, 5.41) is 0. The Morgan fingerprint density at radius 3 is 1.85 bits per heavy atom. The van der Waals surface area contributed by atoms with E-state index in [1.54, 1.807) is 0 Å². The van der Waals surface area contributed by atoms with Crippen molar-refractivity contribution in [2.75, 3.05) is 0 Å². The Hall–Kier alpha value is -0.780. The van der Waals surface area contributed by atoms with Gasteiger partial charge in [0, 0.05) is 10.8 Å². The van der Waals surface area contributed by atoms with Gasteiger partial charge in [-0.1, -0.05) is 42.9 Å². The van der Waals surface area contributed by atoms with Gasteiger partial charge in [-0.3, -0.25) is 0 Å². The van der Waals surface area contributed by atoms with Crippen molar-refractivity contribution >= 4 is 0 Å². The van der Waals surface area contributed by atoms with Crippen LogP contribution in [0.15, 0.2) is 36.5 Å². The Kier molecular flexibility index (Phi) is 1.39. The summed E-state index contributed by atoms with van der Waals surface area (Å²) in [4.78, 5) is 0. The van der Waals surface area contributed by atoms with Crippen LogP contribution >= 0.6 is 0 Å². The minimum absolute atomic E-state index is 0.510. The van der Waals surface area contributed by atoms with Crippen LogP contribution in [-0.4, -0.2) is 0 Å². The molecule has 0 saturated heterocycles. The van der Waals surface area contributed by atoms with Crippen molar-refractivity contribution in [3.63, 3.8) is 0 Å². The Bertz CT molecular complexity index is 278. The van der Waals surface area contributed by atoms with Gasteiger partial charge in [0.05, 0.1) is 0 Å².